The molecule has 0 aromatic carbocycles. The van der Waals surface area contributed by atoms with Gasteiger partial charge in [-0.15, -0.1) is 0 Å². The highest BCUT2D eigenvalue weighted by atomic mass is 16.5. The lowest BCUT2D eigenvalue weighted by atomic mass is 9.92. The number of ether oxygens (including phenoxy) is 1. The van der Waals surface area contributed by atoms with Gasteiger partial charge < -0.3 is 10.1 Å². The van der Waals surface area contributed by atoms with Crippen LogP contribution in [0.15, 0.2) is 6.20 Å². The molecular formula is C16H23N3O3. The summed E-state index contributed by atoms with van der Waals surface area (Å²) in [6.45, 7) is 4.16. The summed E-state index contributed by atoms with van der Waals surface area (Å²) in [6, 6.07) is 0.181. The standard InChI is InChI=1S/C16H23N3O3/c1-10(2)19-13-11(9-17-19)5-4-6-12(13)18-14(20)16(7-8-16)15(21)22-3/h9-10,12H,4-8H2,1-3H3,(H,18,20). The monoisotopic (exact) mass is 305 g/mol. The number of aryl methyl sites for hydroxylation is 1. The molecule has 6 heteroatoms. The summed E-state index contributed by atoms with van der Waals surface area (Å²) in [4.78, 5) is 24.4. The molecule has 0 saturated heterocycles. The molecule has 22 heavy (non-hydrogen) atoms. The average Bonchev–Trinajstić information content (AvgIpc) is 3.19. The second-order valence-corrected chi connectivity index (χ2v) is 6.59. The van der Waals surface area contributed by atoms with E-state index in [0.29, 0.717) is 12.8 Å². The van der Waals surface area contributed by atoms with Gasteiger partial charge in [-0.3, -0.25) is 14.3 Å². The smallest absolute Gasteiger partial charge is 0.321 e. The fourth-order valence-corrected chi connectivity index (χ4v) is 3.31. The Morgan fingerprint density at radius 3 is 2.77 bits per heavy atom. The zero-order valence-electron chi connectivity index (χ0n) is 13.4. The topological polar surface area (TPSA) is 73.2 Å². The molecule has 0 spiro atoms. The van der Waals surface area contributed by atoms with Crippen LogP contribution in [0.5, 0.6) is 0 Å². The maximum atomic E-state index is 12.6. The third-order valence-corrected chi connectivity index (χ3v) is 4.74. The number of amides is 1. The van der Waals surface area contributed by atoms with Gasteiger partial charge in [0.2, 0.25) is 5.91 Å². The van der Waals surface area contributed by atoms with Crippen molar-refractivity contribution in [3.05, 3.63) is 17.5 Å². The molecule has 1 unspecified atom stereocenters. The predicted octanol–water partition coefficient (Wildman–Crippen LogP) is 1.91. The number of rotatable bonds is 4. The van der Waals surface area contributed by atoms with Crippen LogP contribution in [0.25, 0.3) is 0 Å². The van der Waals surface area contributed by atoms with Gasteiger partial charge in [0, 0.05) is 6.04 Å². The van der Waals surface area contributed by atoms with Crippen molar-refractivity contribution in [3.63, 3.8) is 0 Å². The third kappa shape index (κ3) is 2.30. The number of carbonyl (C=O) groups is 2. The Labute approximate surface area is 130 Å². The van der Waals surface area contributed by atoms with Crippen molar-refractivity contribution in [1.29, 1.82) is 0 Å². The minimum Gasteiger partial charge on any atom is -0.468 e. The van der Waals surface area contributed by atoms with Crippen LogP contribution in [0, 0.1) is 5.41 Å². The van der Waals surface area contributed by atoms with Crippen molar-refractivity contribution in [3.8, 4) is 0 Å². The van der Waals surface area contributed by atoms with E-state index >= 15 is 0 Å². The molecule has 2 aliphatic carbocycles. The fraction of sp³-hybridized carbons (Fsp3) is 0.688. The van der Waals surface area contributed by atoms with Crippen molar-refractivity contribution < 1.29 is 14.3 Å². The van der Waals surface area contributed by atoms with Gasteiger partial charge in [-0.25, -0.2) is 0 Å². The Balaban J connectivity index is 1.82. The first kappa shape index (κ1) is 15.1. The van der Waals surface area contributed by atoms with E-state index < -0.39 is 11.4 Å². The van der Waals surface area contributed by atoms with Gasteiger partial charge >= 0.3 is 5.97 Å². The van der Waals surface area contributed by atoms with E-state index in [1.165, 1.54) is 12.7 Å². The maximum absolute atomic E-state index is 12.6. The van der Waals surface area contributed by atoms with E-state index in [1.54, 1.807) is 0 Å². The number of methoxy groups -OCH3 is 1. The highest BCUT2D eigenvalue weighted by Crippen LogP contribution is 2.47. The highest BCUT2D eigenvalue weighted by molar-refractivity contribution is 6.05. The minimum atomic E-state index is -0.949. The quantitative estimate of drug-likeness (QED) is 0.681. The second-order valence-electron chi connectivity index (χ2n) is 6.59. The van der Waals surface area contributed by atoms with Crippen LogP contribution < -0.4 is 5.32 Å². The molecule has 1 aromatic heterocycles. The van der Waals surface area contributed by atoms with Crippen LogP contribution in [-0.4, -0.2) is 28.8 Å². The van der Waals surface area contributed by atoms with E-state index in [2.05, 4.69) is 24.3 Å². The molecule has 1 fully saturated rings. The van der Waals surface area contributed by atoms with Gasteiger partial charge in [-0.2, -0.15) is 5.10 Å². The molecule has 1 amide bonds. The molecule has 1 saturated carbocycles. The van der Waals surface area contributed by atoms with E-state index in [9.17, 15) is 9.59 Å². The lowest BCUT2D eigenvalue weighted by Gasteiger charge is -2.27. The Morgan fingerprint density at radius 2 is 2.18 bits per heavy atom. The van der Waals surface area contributed by atoms with Crippen LogP contribution in [0.4, 0.5) is 0 Å². The molecule has 1 heterocycles. The van der Waals surface area contributed by atoms with Gasteiger partial charge in [-0.1, -0.05) is 0 Å². The summed E-state index contributed by atoms with van der Waals surface area (Å²) >= 11 is 0. The van der Waals surface area contributed by atoms with E-state index in [1.807, 2.05) is 10.9 Å². The number of nitrogens with one attached hydrogen (secondary N) is 1. The second kappa shape index (κ2) is 5.41. The molecule has 120 valence electrons. The van der Waals surface area contributed by atoms with Crippen LogP contribution >= 0.6 is 0 Å². The van der Waals surface area contributed by atoms with Crippen LogP contribution in [0.3, 0.4) is 0 Å². The van der Waals surface area contributed by atoms with Gasteiger partial charge in [0.25, 0.3) is 0 Å². The van der Waals surface area contributed by atoms with Gasteiger partial charge in [0.05, 0.1) is 25.0 Å². The summed E-state index contributed by atoms with van der Waals surface area (Å²) < 4.78 is 6.77. The third-order valence-electron chi connectivity index (χ3n) is 4.74. The lowest BCUT2D eigenvalue weighted by Crippen LogP contribution is -2.41. The van der Waals surface area contributed by atoms with Gasteiger partial charge in [0.1, 0.15) is 5.41 Å². The summed E-state index contributed by atoms with van der Waals surface area (Å²) in [6.07, 6.45) is 5.96. The number of fused-ring (bicyclic) bond motifs is 1. The van der Waals surface area contributed by atoms with Gasteiger partial charge in [-0.05, 0) is 51.5 Å². The first-order valence-corrected chi connectivity index (χ1v) is 7.95. The fourth-order valence-electron chi connectivity index (χ4n) is 3.31. The van der Waals surface area contributed by atoms with E-state index in [-0.39, 0.29) is 18.0 Å². The SMILES string of the molecule is COC(=O)C1(C(=O)NC2CCCc3cnn(C(C)C)c32)CC1. The number of esters is 1. The Hall–Kier alpha value is -1.85. The predicted molar refractivity (Wildman–Crippen MR) is 80.1 cm³/mol. The molecule has 1 atom stereocenters. The zero-order chi connectivity index (χ0) is 15.9. The molecule has 0 bridgehead atoms. The number of carbonyl (C=O) groups excluding carboxylic acids is 2. The number of nitrogens with zero attached hydrogens (tertiary/aromatic N) is 2. The van der Waals surface area contributed by atoms with Crippen LogP contribution in [0.2, 0.25) is 0 Å². The maximum Gasteiger partial charge on any atom is 0.321 e. The zero-order valence-corrected chi connectivity index (χ0v) is 13.4. The van der Waals surface area contributed by atoms with Crippen LogP contribution in [0.1, 0.15) is 62.9 Å². The van der Waals surface area contributed by atoms with E-state index in [0.717, 1.165) is 25.0 Å². The molecule has 0 radical (unpaired) electrons. The largest absolute Gasteiger partial charge is 0.468 e. The number of hydrogen-bond donors (Lipinski definition) is 1. The molecule has 0 aliphatic heterocycles. The Morgan fingerprint density at radius 1 is 1.45 bits per heavy atom. The van der Waals surface area contributed by atoms with Crippen molar-refractivity contribution in [2.75, 3.05) is 7.11 Å². The number of aromatic nitrogens is 2. The summed E-state index contributed by atoms with van der Waals surface area (Å²) in [5, 5.41) is 7.53. The number of hydrogen-bond acceptors (Lipinski definition) is 4. The summed E-state index contributed by atoms with van der Waals surface area (Å²) in [5.74, 6) is -0.618. The van der Waals surface area contributed by atoms with Crippen molar-refractivity contribution in [2.45, 2.75) is 58.0 Å². The molecule has 6 nitrogen and oxygen atoms in total. The van der Waals surface area contributed by atoms with Crippen molar-refractivity contribution >= 4 is 11.9 Å². The first-order valence-electron chi connectivity index (χ1n) is 7.95. The molecule has 2 aliphatic rings. The molecular weight excluding hydrogens is 282 g/mol. The minimum absolute atomic E-state index is 0.0664. The summed E-state index contributed by atoms with van der Waals surface area (Å²) in [5.41, 5.74) is 1.35. The molecule has 1 N–H and O–H groups in total. The van der Waals surface area contributed by atoms with Crippen molar-refractivity contribution in [2.24, 2.45) is 5.41 Å². The highest BCUT2D eigenvalue weighted by Gasteiger charge is 2.58. The lowest BCUT2D eigenvalue weighted by molar-refractivity contribution is -0.152. The average molecular weight is 305 g/mol. The Kier molecular flexibility index (Phi) is 3.70. The Bertz CT molecular complexity index is 602. The molecule has 3 rings (SSSR count). The summed E-state index contributed by atoms with van der Waals surface area (Å²) in [7, 11) is 1.34. The van der Waals surface area contributed by atoms with E-state index in [4.69, 9.17) is 4.74 Å². The molecule has 1 aromatic rings. The normalized spacial score (nSPS) is 22.1. The van der Waals surface area contributed by atoms with Crippen molar-refractivity contribution in [1.82, 2.24) is 15.1 Å². The van der Waals surface area contributed by atoms with Gasteiger partial charge in [0.15, 0.2) is 0 Å². The first-order chi connectivity index (χ1) is 10.5. The van der Waals surface area contributed by atoms with Crippen LogP contribution in [-0.2, 0) is 20.7 Å².